The summed E-state index contributed by atoms with van der Waals surface area (Å²) < 4.78 is 0. The Hall–Kier alpha value is -0.600. The third kappa shape index (κ3) is 2.96. The van der Waals surface area contributed by atoms with Gasteiger partial charge in [-0.05, 0) is 46.7 Å². The Kier molecular flexibility index (Phi) is 3.82. The molecule has 1 aliphatic carbocycles. The highest BCUT2D eigenvalue weighted by atomic mass is 15.1. The van der Waals surface area contributed by atoms with E-state index in [9.17, 15) is 0 Å². The van der Waals surface area contributed by atoms with Gasteiger partial charge in [0.25, 0.3) is 0 Å². The molecule has 0 radical (unpaired) electrons. The van der Waals surface area contributed by atoms with Gasteiger partial charge in [-0.1, -0.05) is 23.3 Å². The molecule has 2 aliphatic rings. The third-order valence-corrected chi connectivity index (χ3v) is 3.82. The quantitative estimate of drug-likeness (QED) is 0.734. The Balaban J connectivity index is 1.84. The second-order valence-electron chi connectivity index (χ2n) is 5.46. The van der Waals surface area contributed by atoms with Gasteiger partial charge >= 0.3 is 0 Å². The van der Waals surface area contributed by atoms with E-state index in [0.717, 1.165) is 12.6 Å². The van der Waals surface area contributed by atoms with Crippen LogP contribution in [0.1, 0.15) is 32.6 Å². The van der Waals surface area contributed by atoms with Gasteiger partial charge in [0.05, 0.1) is 0 Å². The standard InChI is InChI=1S/C14H24N2/c1-11-8-13(15-10-11)9-12-4-6-14(7-5-12)16(2)3/h4,8,13-15H,5-7,9-10H2,1-3H3. The van der Waals surface area contributed by atoms with Crippen LogP contribution in [0.15, 0.2) is 23.3 Å². The molecule has 0 spiro atoms. The average molecular weight is 220 g/mol. The number of nitrogens with zero attached hydrogens (tertiary/aromatic N) is 1. The zero-order valence-electron chi connectivity index (χ0n) is 10.8. The second kappa shape index (κ2) is 5.15. The second-order valence-corrected chi connectivity index (χ2v) is 5.46. The van der Waals surface area contributed by atoms with Gasteiger partial charge in [-0.2, -0.15) is 0 Å². The van der Waals surface area contributed by atoms with Crippen molar-refractivity contribution in [2.75, 3.05) is 20.6 Å². The van der Waals surface area contributed by atoms with Crippen LogP contribution in [0.25, 0.3) is 0 Å². The van der Waals surface area contributed by atoms with Gasteiger partial charge in [-0.3, -0.25) is 0 Å². The summed E-state index contributed by atoms with van der Waals surface area (Å²) in [6.07, 6.45) is 9.92. The number of hydrogen-bond donors (Lipinski definition) is 1. The fraction of sp³-hybridized carbons (Fsp3) is 0.714. The average Bonchev–Trinajstić information content (AvgIpc) is 2.65. The number of nitrogens with one attached hydrogen (secondary N) is 1. The zero-order valence-corrected chi connectivity index (χ0v) is 10.8. The van der Waals surface area contributed by atoms with Gasteiger partial charge in [0.1, 0.15) is 0 Å². The SMILES string of the molecule is CC1=CC(CC2=CCC(N(C)C)CC2)NC1. The first-order valence-corrected chi connectivity index (χ1v) is 6.40. The van der Waals surface area contributed by atoms with Crippen molar-refractivity contribution in [3.8, 4) is 0 Å². The Labute approximate surface area is 99.4 Å². The predicted molar refractivity (Wildman–Crippen MR) is 69.6 cm³/mol. The topological polar surface area (TPSA) is 15.3 Å². The summed E-state index contributed by atoms with van der Waals surface area (Å²) in [4.78, 5) is 2.35. The van der Waals surface area contributed by atoms with Crippen molar-refractivity contribution in [1.82, 2.24) is 10.2 Å². The van der Waals surface area contributed by atoms with Crippen molar-refractivity contribution < 1.29 is 0 Å². The smallest absolute Gasteiger partial charge is 0.0293 e. The molecular weight excluding hydrogens is 196 g/mol. The highest BCUT2D eigenvalue weighted by Gasteiger charge is 2.19. The lowest BCUT2D eigenvalue weighted by Gasteiger charge is -2.28. The Morgan fingerprint density at radius 2 is 2.25 bits per heavy atom. The van der Waals surface area contributed by atoms with Crippen molar-refractivity contribution in [2.24, 2.45) is 0 Å². The van der Waals surface area contributed by atoms with Crippen molar-refractivity contribution in [1.29, 1.82) is 0 Å². The first-order chi connectivity index (χ1) is 7.65. The predicted octanol–water partition coefficient (Wildman–Crippen LogP) is 2.34. The van der Waals surface area contributed by atoms with Crippen molar-refractivity contribution >= 4 is 0 Å². The fourth-order valence-corrected chi connectivity index (χ4v) is 2.70. The van der Waals surface area contributed by atoms with Gasteiger partial charge in [-0.25, -0.2) is 0 Å². The number of rotatable bonds is 3. The minimum absolute atomic E-state index is 0.599. The molecule has 0 aromatic heterocycles. The molecule has 90 valence electrons. The molecule has 0 amide bonds. The van der Waals surface area contributed by atoms with Gasteiger partial charge in [0.15, 0.2) is 0 Å². The molecule has 0 aromatic carbocycles. The Morgan fingerprint density at radius 3 is 2.75 bits per heavy atom. The molecule has 0 aromatic rings. The minimum Gasteiger partial charge on any atom is -0.306 e. The highest BCUT2D eigenvalue weighted by Crippen LogP contribution is 2.25. The maximum Gasteiger partial charge on any atom is 0.0293 e. The van der Waals surface area contributed by atoms with Crippen LogP contribution in [-0.4, -0.2) is 37.6 Å². The van der Waals surface area contributed by atoms with E-state index in [1.165, 1.54) is 31.3 Å². The summed E-state index contributed by atoms with van der Waals surface area (Å²) in [7, 11) is 4.38. The molecule has 0 saturated heterocycles. The summed E-state index contributed by atoms with van der Waals surface area (Å²) in [5.74, 6) is 0. The normalized spacial score (nSPS) is 30.5. The summed E-state index contributed by atoms with van der Waals surface area (Å²) >= 11 is 0. The van der Waals surface area contributed by atoms with Crippen molar-refractivity contribution in [2.45, 2.75) is 44.7 Å². The summed E-state index contributed by atoms with van der Waals surface area (Å²) in [6, 6.07) is 1.36. The van der Waals surface area contributed by atoms with Gasteiger partial charge < -0.3 is 10.2 Å². The first kappa shape index (κ1) is 11.9. The summed E-state index contributed by atoms with van der Waals surface area (Å²) in [6.45, 7) is 3.29. The Bertz CT molecular complexity index is 302. The highest BCUT2D eigenvalue weighted by molar-refractivity contribution is 5.18. The third-order valence-electron chi connectivity index (χ3n) is 3.82. The minimum atomic E-state index is 0.599. The van der Waals surface area contributed by atoms with Crippen LogP contribution in [0.4, 0.5) is 0 Å². The molecule has 2 unspecified atom stereocenters. The Morgan fingerprint density at radius 1 is 1.44 bits per heavy atom. The molecule has 2 nitrogen and oxygen atoms in total. The van der Waals surface area contributed by atoms with E-state index in [4.69, 9.17) is 0 Å². The zero-order chi connectivity index (χ0) is 11.5. The van der Waals surface area contributed by atoms with E-state index >= 15 is 0 Å². The number of hydrogen-bond acceptors (Lipinski definition) is 2. The van der Waals surface area contributed by atoms with Crippen LogP contribution in [-0.2, 0) is 0 Å². The van der Waals surface area contributed by atoms with E-state index in [-0.39, 0.29) is 0 Å². The van der Waals surface area contributed by atoms with Crippen LogP contribution in [0.3, 0.4) is 0 Å². The van der Waals surface area contributed by atoms with E-state index in [1.54, 1.807) is 5.57 Å². The van der Waals surface area contributed by atoms with E-state index in [1.807, 2.05) is 0 Å². The lowest BCUT2D eigenvalue weighted by molar-refractivity contribution is 0.271. The van der Waals surface area contributed by atoms with Gasteiger partial charge in [0, 0.05) is 18.6 Å². The van der Waals surface area contributed by atoms with Crippen molar-refractivity contribution in [3.63, 3.8) is 0 Å². The lowest BCUT2D eigenvalue weighted by Crippen LogP contribution is -2.30. The van der Waals surface area contributed by atoms with E-state index in [0.29, 0.717) is 6.04 Å². The molecule has 1 N–H and O–H groups in total. The van der Waals surface area contributed by atoms with Crippen LogP contribution < -0.4 is 5.32 Å². The molecule has 16 heavy (non-hydrogen) atoms. The maximum absolute atomic E-state index is 3.54. The molecular formula is C14H24N2. The van der Waals surface area contributed by atoms with Gasteiger partial charge in [-0.15, -0.1) is 0 Å². The van der Waals surface area contributed by atoms with E-state index in [2.05, 4.69) is 43.4 Å². The summed E-state index contributed by atoms with van der Waals surface area (Å²) in [5.41, 5.74) is 3.15. The summed E-state index contributed by atoms with van der Waals surface area (Å²) in [5, 5.41) is 3.54. The van der Waals surface area contributed by atoms with Crippen LogP contribution >= 0.6 is 0 Å². The fourth-order valence-electron chi connectivity index (χ4n) is 2.70. The van der Waals surface area contributed by atoms with Crippen LogP contribution in [0.5, 0.6) is 0 Å². The van der Waals surface area contributed by atoms with E-state index < -0.39 is 0 Å². The van der Waals surface area contributed by atoms with Crippen molar-refractivity contribution in [3.05, 3.63) is 23.3 Å². The first-order valence-electron chi connectivity index (χ1n) is 6.40. The molecule has 0 saturated carbocycles. The molecule has 0 fully saturated rings. The maximum atomic E-state index is 3.54. The lowest BCUT2D eigenvalue weighted by atomic mass is 9.91. The molecule has 2 atom stereocenters. The largest absolute Gasteiger partial charge is 0.306 e. The molecule has 2 rings (SSSR count). The monoisotopic (exact) mass is 220 g/mol. The molecule has 2 heteroatoms. The van der Waals surface area contributed by atoms with Gasteiger partial charge in [0.2, 0.25) is 0 Å². The molecule has 0 bridgehead atoms. The van der Waals surface area contributed by atoms with Crippen LogP contribution in [0, 0.1) is 0 Å². The molecule has 1 heterocycles. The van der Waals surface area contributed by atoms with Crippen LogP contribution in [0.2, 0.25) is 0 Å². The molecule has 1 aliphatic heterocycles.